The number of likely N-dealkylation sites (tertiary alicyclic amines) is 1. The fraction of sp³-hybridized carbons (Fsp3) is 0.529. The van der Waals surface area contributed by atoms with Gasteiger partial charge in [-0.1, -0.05) is 18.2 Å². The maximum Gasteiger partial charge on any atom is 0.311 e. The van der Waals surface area contributed by atoms with E-state index in [-0.39, 0.29) is 42.0 Å². The molecule has 24 heavy (non-hydrogen) atoms. The normalized spacial score (nSPS) is 18.2. The molecule has 0 radical (unpaired) electrons. The van der Waals surface area contributed by atoms with Crippen LogP contribution in [-0.2, 0) is 24.2 Å². The van der Waals surface area contributed by atoms with Crippen molar-refractivity contribution < 1.29 is 22.7 Å². The van der Waals surface area contributed by atoms with Crippen molar-refractivity contribution in [2.75, 3.05) is 18.9 Å². The Hall–Kier alpha value is -1.89. The molecule has 0 aromatic heterocycles. The number of esters is 1. The second kappa shape index (κ2) is 7.79. The average Bonchev–Trinajstić information content (AvgIpc) is 2.94. The molecule has 1 heterocycles. The summed E-state index contributed by atoms with van der Waals surface area (Å²) < 4.78 is 29.4. The highest BCUT2D eigenvalue weighted by atomic mass is 32.2. The van der Waals surface area contributed by atoms with Crippen molar-refractivity contribution in [1.82, 2.24) is 4.90 Å². The molecular weight excluding hydrogens is 330 g/mol. The molecule has 0 N–H and O–H groups in total. The van der Waals surface area contributed by atoms with Crippen LogP contribution in [0.25, 0.3) is 0 Å². The van der Waals surface area contributed by atoms with Crippen LogP contribution in [0.5, 0.6) is 0 Å². The fourth-order valence-corrected chi connectivity index (χ4v) is 3.98. The van der Waals surface area contributed by atoms with Gasteiger partial charge in [0.2, 0.25) is 5.91 Å². The Bertz CT molecular complexity index is 684. The predicted octanol–water partition coefficient (Wildman–Crippen LogP) is 1.65. The molecule has 1 fully saturated rings. The molecule has 1 aromatic carbocycles. The summed E-state index contributed by atoms with van der Waals surface area (Å²) in [6, 6.07) is 8.25. The van der Waals surface area contributed by atoms with Crippen LogP contribution in [0.3, 0.4) is 0 Å². The highest BCUT2D eigenvalue weighted by molar-refractivity contribution is 7.91. The Kier molecular flexibility index (Phi) is 5.99. The second-order valence-corrected chi connectivity index (χ2v) is 8.30. The average molecular weight is 353 g/mol. The van der Waals surface area contributed by atoms with Gasteiger partial charge in [-0.25, -0.2) is 8.42 Å². The number of amides is 1. The lowest BCUT2D eigenvalue weighted by Crippen LogP contribution is -2.33. The van der Waals surface area contributed by atoms with Gasteiger partial charge in [0.15, 0.2) is 9.84 Å². The SMILES string of the molecule is CC(C)N1CC(C(=O)OCCCS(=O)(=O)c2ccccc2)CC1=O. The third-order valence-corrected chi connectivity index (χ3v) is 5.84. The smallest absolute Gasteiger partial charge is 0.311 e. The van der Waals surface area contributed by atoms with E-state index in [9.17, 15) is 18.0 Å². The third kappa shape index (κ3) is 4.56. The van der Waals surface area contributed by atoms with Crippen LogP contribution >= 0.6 is 0 Å². The Labute approximate surface area is 142 Å². The molecule has 132 valence electrons. The first-order chi connectivity index (χ1) is 11.3. The summed E-state index contributed by atoms with van der Waals surface area (Å²) in [5.41, 5.74) is 0. The zero-order valence-corrected chi connectivity index (χ0v) is 14.8. The quantitative estimate of drug-likeness (QED) is 0.550. The molecule has 1 atom stereocenters. The highest BCUT2D eigenvalue weighted by Crippen LogP contribution is 2.21. The number of benzene rings is 1. The first kappa shape index (κ1) is 18.4. The number of carbonyl (C=O) groups excluding carboxylic acids is 2. The zero-order chi connectivity index (χ0) is 17.7. The molecule has 0 saturated carbocycles. The van der Waals surface area contributed by atoms with Gasteiger partial charge in [-0.15, -0.1) is 0 Å². The van der Waals surface area contributed by atoms with Gasteiger partial charge < -0.3 is 9.64 Å². The Morgan fingerprint density at radius 1 is 1.29 bits per heavy atom. The van der Waals surface area contributed by atoms with Crippen LogP contribution < -0.4 is 0 Å². The van der Waals surface area contributed by atoms with E-state index in [1.165, 1.54) is 0 Å². The van der Waals surface area contributed by atoms with Gasteiger partial charge in [-0.05, 0) is 32.4 Å². The van der Waals surface area contributed by atoms with E-state index in [0.29, 0.717) is 6.54 Å². The van der Waals surface area contributed by atoms with Gasteiger partial charge in [0.1, 0.15) is 0 Å². The summed E-state index contributed by atoms with van der Waals surface area (Å²) in [7, 11) is -3.36. The monoisotopic (exact) mass is 353 g/mol. The number of hydrogen-bond donors (Lipinski definition) is 0. The zero-order valence-electron chi connectivity index (χ0n) is 14.0. The highest BCUT2D eigenvalue weighted by Gasteiger charge is 2.36. The van der Waals surface area contributed by atoms with E-state index in [0.717, 1.165) is 0 Å². The van der Waals surface area contributed by atoms with Crippen molar-refractivity contribution in [3.8, 4) is 0 Å². The van der Waals surface area contributed by atoms with Gasteiger partial charge in [0.05, 0.1) is 23.2 Å². The molecular formula is C17H23NO5S. The van der Waals surface area contributed by atoms with E-state index in [1.807, 2.05) is 13.8 Å². The van der Waals surface area contributed by atoms with Crippen LogP contribution in [-0.4, -0.2) is 50.1 Å². The van der Waals surface area contributed by atoms with E-state index in [4.69, 9.17) is 4.74 Å². The molecule has 0 aliphatic carbocycles. The number of carbonyl (C=O) groups is 2. The van der Waals surface area contributed by atoms with Crippen molar-refractivity contribution in [2.24, 2.45) is 5.92 Å². The van der Waals surface area contributed by atoms with E-state index in [1.54, 1.807) is 35.2 Å². The van der Waals surface area contributed by atoms with Gasteiger partial charge in [-0.2, -0.15) is 0 Å². The van der Waals surface area contributed by atoms with Crippen LogP contribution in [0, 0.1) is 5.92 Å². The van der Waals surface area contributed by atoms with E-state index >= 15 is 0 Å². The molecule has 0 spiro atoms. The van der Waals surface area contributed by atoms with Crippen molar-refractivity contribution in [3.05, 3.63) is 30.3 Å². The van der Waals surface area contributed by atoms with Gasteiger partial charge in [0.25, 0.3) is 0 Å². The molecule has 0 bridgehead atoms. The van der Waals surface area contributed by atoms with Gasteiger partial charge in [-0.3, -0.25) is 9.59 Å². The largest absolute Gasteiger partial charge is 0.465 e. The van der Waals surface area contributed by atoms with Crippen molar-refractivity contribution >= 4 is 21.7 Å². The van der Waals surface area contributed by atoms with Crippen LogP contribution in [0.1, 0.15) is 26.7 Å². The molecule has 7 heteroatoms. The summed E-state index contributed by atoms with van der Waals surface area (Å²) in [4.78, 5) is 25.7. The standard InChI is InChI=1S/C17H23NO5S/c1-13(2)18-12-14(11-16(18)19)17(20)23-9-6-10-24(21,22)15-7-4-3-5-8-15/h3-5,7-8,13-14H,6,9-12H2,1-2H3. The number of rotatable bonds is 7. The van der Waals surface area contributed by atoms with Crippen molar-refractivity contribution in [2.45, 2.75) is 37.6 Å². The molecule has 1 aliphatic heterocycles. The topological polar surface area (TPSA) is 80.8 Å². The Morgan fingerprint density at radius 3 is 2.54 bits per heavy atom. The lowest BCUT2D eigenvalue weighted by molar-refractivity contribution is -0.148. The number of nitrogens with zero attached hydrogens (tertiary/aromatic N) is 1. The summed E-state index contributed by atoms with van der Waals surface area (Å²) in [6.45, 7) is 4.22. The van der Waals surface area contributed by atoms with Crippen LogP contribution in [0.4, 0.5) is 0 Å². The maximum absolute atomic E-state index is 12.1. The molecule has 1 unspecified atom stereocenters. The third-order valence-electron chi connectivity index (χ3n) is 4.02. The number of hydrogen-bond acceptors (Lipinski definition) is 5. The summed E-state index contributed by atoms with van der Waals surface area (Å²) >= 11 is 0. The summed E-state index contributed by atoms with van der Waals surface area (Å²) in [6.07, 6.45) is 0.400. The van der Waals surface area contributed by atoms with Crippen molar-refractivity contribution in [1.29, 1.82) is 0 Å². The molecule has 1 aromatic rings. The lowest BCUT2D eigenvalue weighted by Gasteiger charge is -2.20. The summed E-state index contributed by atoms with van der Waals surface area (Å²) in [5, 5.41) is 0. The van der Waals surface area contributed by atoms with Gasteiger partial charge >= 0.3 is 5.97 Å². The fourth-order valence-electron chi connectivity index (χ4n) is 2.67. The van der Waals surface area contributed by atoms with E-state index in [2.05, 4.69) is 0 Å². The number of ether oxygens (including phenoxy) is 1. The second-order valence-electron chi connectivity index (χ2n) is 6.19. The summed E-state index contributed by atoms with van der Waals surface area (Å²) in [5.74, 6) is -1.00. The molecule has 1 saturated heterocycles. The molecule has 1 amide bonds. The first-order valence-electron chi connectivity index (χ1n) is 8.05. The molecule has 6 nitrogen and oxygen atoms in total. The predicted molar refractivity (Wildman–Crippen MR) is 89.0 cm³/mol. The lowest BCUT2D eigenvalue weighted by atomic mass is 10.1. The number of sulfone groups is 1. The minimum atomic E-state index is -3.36. The van der Waals surface area contributed by atoms with Crippen LogP contribution in [0.2, 0.25) is 0 Å². The first-order valence-corrected chi connectivity index (χ1v) is 9.70. The minimum Gasteiger partial charge on any atom is -0.465 e. The molecule has 2 rings (SSSR count). The minimum absolute atomic E-state index is 0.0390. The molecule has 1 aliphatic rings. The van der Waals surface area contributed by atoms with Crippen LogP contribution in [0.15, 0.2) is 35.2 Å². The Balaban J connectivity index is 1.77. The maximum atomic E-state index is 12.1. The van der Waals surface area contributed by atoms with E-state index < -0.39 is 21.7 Å². The van der Waals surface area contributed by atoms with Crippen molar-refractivity contribution in [3.63, 3.8) is 0 Å². The Morgan fingerprint density at radius 2 is 1.96 bits per heavy atom. The van der Waals surface area contributed by atoms with Gasteiger partial charge in [0, 0.05) is 19.0 Å².